The van der Waals surface area contributed by atoms with Crippen LogP contribution in [0.15, 0.2) is 45.9 Å². The molecule has 1 aromatic carbocycles. The highest BCUT2D eigenvalue weighted by molar-refractivity contribution is 8.00. The average Bonchev–Trinajstić information content (AvgIpc) is 2.94. The molecule has 1 aromatic heterocycles. The van der Waals surface area contributed by atoms with Crippen molar-refractivity contribution in [3.8, 4) is 0 Å². The van der Waals surface area contributed by atoms with Crippen molar-refractivity contribution in [1.82, 2.24) is 5.32 Å². The van der Waals surface area contributed by atoms with E-state index in [9.17, 15) is 4.79 Å². The fourth-order valence-corrected chi connectivity index (χ4v) is 2.69. The van der Waals surface area contributed by atoms with Crippen LogP contribution in [0.2, 0.25) is 0 Å². The number of anilines is 1. The van der Waals surface area contributed by atoms with Gasteiger partial charge in [-0.2, -0.15) is 0 Å². The van der Waals surface area contributed by atoms with Gasteiger partial charge in [-0.1, -0.05) is 6.07 Å². The van der Waals surface area contributed by atoms with E-state index < -0.39 is 0 Å². The third-order valence-corrected chi connectivity index (χ3v) is 4.08. The van der Waals surface area contributed by atoms with E-state index in [2.05, 4.69) is 5.32 Å². The maximum atomic E-state index is 11.9. The molecule has 5 heteroatoms. The molecule has 0 aliphatic rings. The lowest BCUT2D eigenvalue weighted by molar-refractivity contribution is -0.119. The molecule has 0 radical (unpaired) electrons. The fraction of sp³-hybridized carbons (Fsp3) is 0.267. The summed E-state index contributed by atoms with van der Waals surface area (Å²) in [7, 11) is 0. The Hall–Kier alpha value is -1.88. The monoisotopic (exact) mass is 290 g/mol. The van der Waals surface area contributed by atoms with Gasteiger partial charge in [0.25, 0.3) is 0 Å². The minimum atomic E-state index is -0.125. The highest BCUT2D eigenvalue weighted by Crippen LogP contribution is 2.24. The van der Waals surface area contributed by atoms with E-state index in [0.29, 0.717) is 11.4 Å². The van der Waals surface area contributed by atoms with Crippen LogP contribution in [0.4, 0.5) is 5.69 Å². The lowest BCUT2D eigenvalue weighted by atomic mass is 10.2. The van der Waals surface area contributed by atoms with Gasteiger partial charge in [-0.15, -0.1) is 11.8 Å². The number of benzene rings is 1. The van der Waals surface area contributed by atoms with Crippen molar-refractivity contribution in [3.63, 3.8) is 0 Å². The average molecular weight is 290 g/mol. The van der Waals surface area contributed by atoms with Crippen LogP contribution in [0.5, 0.6) is 0 Å². The Labute approximate surface area is 122 Å². The van der Waals surface area contributed by atoms with Crippen LogP contribution in [0.25, 0.3) is 0 Å². The zero-order chi connectivity index (χ0) is 14.5. The smallest absolute Gasteiger partial charge is 0.230 e. The predicted octanol–water partition coefficient (Wildman–Crippen LogP) is 3.14. The summed E-state index contributed by atoms with van der Waals surface area (Å²) >= 11 is 1.49. The molecular weight excluding hydrogens is 272 g/mol. The normalized spacial score (nSPS) is 12.1. The summed E-state index contributed by atoms with van der Waals surface area (Å²) in [4.78, 5) is 12.9. The van der Waals surface area contributed by atoms with E-state index in [4.69, 9.17) is 10.2 Å². The molecule has 0 bridgehead atoms. The molecule has 0 aliphatic heterocycles. The number of carbonyl (C=O) groups excluding carboxylic acids is 1. The topological polar surface area (TPSA) is 68.3 Å². The number of amides is 1. The van der Waals surface area contributed by atoms with Gasteiger partial charge in [-0.3, -0.25) is 4.79 Å². The first-order chi connectivity index (χ1) is 9.56. The Morgan fingerprint density at radius 2 is 2.25 bits per heavy atom. The first kappa shape index (κ1) is 14.5. The summed E-state index contributed by atoms with van der Waals surface area (Å²) in [5.41, 5.74) is 7.58. The first-order valence-electron chi connectivity index (χ1n) is 6.38. The van der Waals surface area contributed by atoms with Crippen molar-refractivity contribution >= 4 is 23.4 Å². The minimum Gasteiger partial charge on any atom is -0.467 e. The molecule has 1 unspecified atom stereocenters. The van der Waals surface area contributed by atoms with Gasteiger partial charge < -0.3 is 15.5 Å². The number of aryl methyl sites for hydroxylation is 1. The Bertz CT molecular complexity index is 582. The van der Waals surface area contributed by atoms with Crippen LogP contribution in [0.3, 0.4) is 0 Å². The maximum absolute atomic E-state index is 11.9. The molecule has 1 heterocycles. The molecule has 0 saturated heterocycles. The van der Waals surface area contributed by atoms with E-state index in [-0.39, 0.29) is 11.9 Å². The van der Waals surface area contributed by atoms with Gasteiger partial charge in [0.2, 0.25) is 5.91 Å². The fourth-order valence-electron chi connectivity index (χ4n) is 1.81. The summed E-state index contributed by atoms with van der Waals surface area (Å²) in [5.74, 6) is 1.08. The molecule has 0 spiro atoms. The zero-order valence-corrected chi connectivity index (χ0v) is 12.4. The second-order valence-corrected chi connectivity index (χ2v) is 5.64. The van der Waals surface area contributed by atoms with Crippen LogP contribution >= 0.6 is 11.8 Å². The number of thioether (sulfide) groups is 1. The highest BCUT2D eigenvalue weighted by atomic mass is 32.2. The third-order valence-electron chi connectivity index (χ3n) is 2.92. The van der Waals surface area contributed by atoms with Gasteiger partial charge >= 0.3 is 0 Å². The Morgan fingerprint density at radius 1 is 1.45 bits per heavy atom. The Kier molecular flexibility index (Phi) is 4.74. The lowest BCUT2D eigenvalue weighted by Gasteiger charge is -2.12. The van der Waals surface area contributed by atoms with E-state index in [0.717, 1.165) is 16.2 Å². The minimum absolute atomic E-state index is 0.0271. The standard InChI is InChI=1S/C15H18N2O2S/c1-10-5-6-12(16)8-14(10)20-9-15(18)17-11(2)13-4-3-7-19-13/h3-8,11H,9,16H2,1-2H3,(H,17,18). The molecule has 0 aliphatic carbocycles. The summed E-state index contributed by atoms with van der Waals surface area (Å²) < 4.78 is 5.26. The van der Waals surface area contributed by atoms with E-state index >= 15 is 0 Å². The van der Waals surface area contributed by atoms with Gasteiger partial charge in [-0.05, 0) is 43.7 Å². The third kappa shape index (κ3) is 3.81. The molecule has 0 saturated carbocycles. The number of nitrogens with two attached hydrogens (primary N) is 1. The number of hydrogen-bond donors (Lipinski definition) is 2. The summed E-state index contributed by atoms with van der Waals surface area (Å²) in [5, 5.41) is 2.90. The molecule has 20 heavy (non-hydrogen) atoms. The molecule has 1 atom stereocenters. The largest absolute Gasteiger partial charge is 0.467 e. The van der Waals surface area contributed by atoms with Crippen LogP contribution < -0.4 is 11.1 Å². The number of hydrogen-bond acceptors (Lipinski definition) is 4. The van der Waals surface area contributed by atoms with Crippen molar-refractivity contribution in [2.75, 3.05) is 11.5 Å². The van der Waals surface area contributed by atoms with Crippen molar-refractivity contribution in [2.45, 2.75) is 24.8 Å². The lowest BCUT2D eigenvalue weighted by Crippen LogP contribution is -2.27. The molecule has 106 valence electrons. The molecule has 0 fully saturated rings. The summed E-state index contributed by atoms with van der Waals surface area (Å²) in [6.07, 6.45) is 1.60. The second kappa shape index (κ2) is 6.52. The van der Waals surface area contributed by atoms with E-state index in [1.807, 2.05) is 44.2 Å². The van der Waals surface area contributed by atoms with Gasteiger partial charge in [-0.25, -0.2) is 0 Å². The molecule has 3 N–H and O–H groups in total. The van der Waals surface area contributed by atoms with Crippen molar-refractivity contribution < 1.29 is 9.21 Å². The molecular formula is C15H18N2O2S. The van der Waals surface area contributed by atoms with E-state index in [1.54, 1.807) is 6.26 Å². The first-order valence-corrected chi connectivity index (χ1v) is 7.36. The summed E-state index contributed by atoms with van der Waals surface area (Å²) in [6.45, 7) is 3.90. The van der Waals surface area contributed by atoms with Gasteiger partial charge in [0.15, 0.2) is 0 Å². The molecule has 2 aromatic rings. The predicted molar refractivity (Wildman–Crippen MR) is 81.6 cm³/mol. The van der Waals surface area contributed by atoms with Crippen molar-refractivity contribution in [1.29, 1.82) is 0 Å². The summed E-state index contributed by atoms with van der Waals surface area (Å²) in [6, 6.07) is 9.24. The molecule has 1 amide bonds. The number of rotatable bonds is 5. The quantitative estimate of drug-likeness (QED) is 0.655. The SMILES string of the molecule is Cc1ccc(N)cc1SCC(=O)NC(C)c1ccco1. The van der Waals surface area contributed by atoms with Gasteiger partial charge in [0.1, 0.15) is 5.76 Å². The maximum Gasteiger partial charge on any atom is 0.230 e. The Morgan fingerprint density at radius 3 is 2.95 bits per heavy atom. The second-order valence-electron chi connectivity index (χ2n) is 4.62. The van der Waals surface area contributed by atoms with Crippen LogP contribution in [-0.2, 0) is 4.79 Å². The number of furan rings is 1. The molecule has 4 nitrogen and oxygen atoms in total. The zero-order valence-electron chi connectivity index (χ0n) is 11.6. The molecule has 2 rings (SSSR count). The number of nitrogen functional groups attached to an aromatic ring is 1. The van der Waals surface area contributed by atoms with Crippen LogP contribution in [-0.4, -0.2) is 11.7 Å². The van der Waals surface area contributed by atoms with Crippen LogP contribution in [0.1, 0.15) is 24.3 Å². The van der Waals surface area contributed by atoms with Gasteiger partial charge in [0, 0.05) is 10.6 Å². The Balaban J connectivity index is 1.87. The number of carbonyl (C=O) groups is 1. The van der Waals surface area contributed by atoms with Gasteiger partial charge in [0.05, 0.1) is 18.1 Å². The number of nitrogens with one attached hydrogen (secondary N) is 1. The highest BCUT2D eigenvalue weighted by Gasteiger charge is 2.12. The van der Waals surface area contributed by atoms with E-state index in [1.165, 1.54) is 11.8 Å². The van der Waals surface area contributed by atoms with Crippen molar-refractivity contribution in [2.24, 2.45) is 0 Å². The van der Waals surface area contributed by atoms with Crippen LogP contribution in [0, 0.1) is 6.92 Å². The van der Waals surface area contributed by atoms with Crippen molar-refractivity contribution in [3.05, 3.63) is 47.9 Å².